The maximum atomic E-state index is 13.4. The van der Waals surface area contributed by atoms with E-state index in [9.17, 15) is 4.79 Å². The Morgan fingerprint density at radius 3 is 1.82 bits per heavy atom. The van der Waals surface area contributed by atoms with Crippen molar-refractivity contribution in [3.63, 3.8) is 0 Å². The van der Waals surface area contributed by atoms with Crippen molar-refractivity contribution in [1.29, 1.82) is 0 Å². The van der Waals surface area contributed by atoms with Gasteiger partial charge < -0.3 is 24.8 Å². The zero-order chi connectivity index (χ0) is 25.7. The summed E-state index contributed by atoms with van der Waals surface area (Å²) in [7, 11) is 0. The zero-order valence-electron chi connectivity index (χ0n) is 23.1. The van der Waals surface area contributed by atoms with Crippen molar-refractivity contribution < 1.29 is 50.5 Å². The van der Waals surface area contributed by atoms with Gasteiger partial charge in [0.25, 0.3) is 0 Å². The van der Waals surface area contributed by atoms with E-state index in [1.807, 2.05) is 0 Å². The average molecular weight is 746 g/mol. The maximum absolute atomic E-state index is 13.4. The first-order chi connectivity index (χ1) is 18.3. The molecule has 2 nitrogen and oxygen atoms in total. The Kier molecular flexibility index (Phi) is 16.3. The summed E-state index contributed by atoms with van der Waals surface area (Å²) in [5.41, 5.74) is 2.76. The number of unbranched alkanes of at least 4 members (excludes halogenated alkanes) is 8. The van der Waals surface area contributed by atoms with Crippen molar-refractivity contribution in [2.75, 3.05) is 0 Å². The van der Waals surface area contributed by atoms with Gasteiger partial charge in [-0.25, -0.2) is 0 Å². The van der Waals surface area contributed by atoms with Crippen LogP contribution in [0, 0.1) is 0 Å². The SMILES string of the molecule is CCCCCCCCCCCC(=O)[NH][Hf+2]([CH]1C=Cc2ccccc21)[SiH](c1ccccc1)c1ccccc1.[Cl-].[Cl-]. The van der Waals surface area contributed by atoms with Crippen molar-refractivity contribution in [2.24, 2.45) is 0 Å². The number of benzene rings is 3. The molecule has 1 unspecified atom stereocenters. The summed E-state index contributed by atoms with van der Waals surface area (Å²) >= 11 is -2.77. The normalized spacial score (nSPS) is 13.3. The molecule has 207 valence electrons. The van der Waals surface area contributed by atoms with Crippen LogP contribution in [0.15, 0.2) is 91.0 Å². The van der Waals surface area contributed by atoms with Gasteiger partial charge >= 0.3 is 227 Å². The summed E-state index contributed by atoms with van der Waals surface area (Å²) in [4.78, 5) is 13.4. The molecular weight excluding hydrogens is 704 g/mol. The molecule has 3 aromatic carbocycles. The maximum Gasteiger partial charge on any atom is -1.00 e. The van der Waals surface area contributed by atoms with Crippen molar-refractivity contribution in [3.8, 4) is 0 Å². The van der Waals surface area contributed by atoms with Crippen LogP contribution >= 0.6 is 0 Å². The minimum absolute atomic E-state index is 0. The zero-order valence-corrected chi connectivity index (χ0v) is 29.4. The molecule has 0 saturated carbocycles. The number of carbonyl (C=O) groups is 1. The Hall–Kier alpha value is -1.46. The number of fused-ring (bicyclic) bond motifs is 1. The van der Waals surface area contributed by atoms with Crippen LogP contribution in [-0.2, 0) is 25.7 Å². The molecule has 1 amide bonds. The second-order valence-electron chi connectivity index (χ2n) is 10.3. The van der Waals surface area contributed by atoms with E-state index in [1.54, 1.807) is 0 Å². The molecule has 0 saturated heterocycles. The van der Waals surface area contributed by atoms with Crippen LogP contribution in [-0.4, -0.2) is 11.9 Å². The van der Waals surface area contributed by atoms with E-state index >= 15 is 0 Å². The van der Waals surface area contributed by atoms with Gasteiger partial charge in [-0.05, 0) is 0 Å². The van der Waals surface area contributed by atoms with Gasteiger partial charge in [-0.1, -0.05) is 6.92 Å². The standard InChI is InChI=1S/C12H25NO.C12H11Si.C9H7.2ClH.Hf/c1-2-3-4-5-6-7-8-9-10-11-12(13)14;1-3-7-11(8-4-1)13-12-9-5-2-6-10-12;1-2-5-9-7-3-6-8(9)4-1;;;/h2-11H2,1H3,(H2,13,14);1-10,13H;1-7H;2*1H;/q;;;;;+3/p-3. The van der Waals surface area contributed by atoms with Crippen LogP contribution in [0.25, 0.3) is 6.08 Å². The Morgan fingerprint density at radius 2 is 1.23 bits per heavy atom. The van der Waals surface area contributed by atoms with E-state index in [0.29, 0.717) is 16.0 Å². The summed E-state index contributed by atoms with van der Waals surface area (Å²) < 4.78 is 4.21. The molecule has 1 aliphatic rings. The summed E-state index contributed by atoms with van der Waals surface area (Å²) in [6, 6.07) is 30.9. The molecule has 0 radical (unpaired) electrons. The van der Waals surface area contributed by atoms with Crippen molar-refractivity contribution in [3.05, 3.63) is 102 Å². The number of halogens is 2. The molecule has 39 heavy (non-hydrogen) atoms. The first-order valence-electron chi connectivity index (χ1n) is 14.3. The predicted octanol–water partition coefficient (Wildman–Crippen LogP) is 0.871. The van der Waals surface area contributed by atoms with Crippen LogP contribution in [0.4, 0.5) is 0 Å². The fourth-order valence-corrected chi connectivity index (χ4v) is 34.7. The minimum Gasteiger partial charge on any atom is -1.00 e. The van der Waals surface area contributed by atoms with Gasteiger partial charge in [0.1, 0.15) is 0 Å². The second-order valence-corrected chi connectivity index (χ2v) is 30.2. The molecule has 4 rings (SSSR count). The number of allylic oxidation sites excluding steroid dienone is 1. The molecule has 3 aromatic rings. The van der Waals surface area contributed by atoms with Gasteiger partial charge in [-0.2, -0.15) is 0 Å². The molecule has 0 spiro atoms. The quantitative estimate of drug-likeness (QED) is 0.182. The number of amides is 1. The van der Waals surface area contributed by atoms with Gasteiger partial charge in [-0.3, -0.25) is 0 Å². The Labute approximate surface area is 257 Å². The molecule has 0 aliphatic heterocycles. The molecule has 1 atom stereocenters. The Bertz CT molecular complexity index is 1090. The van der Waals surface area contributed by atoms with Crippen molar-refractivity contribution in [1.82, 2.24) is 3.30 Å². The van der Waals surface area contributed by atoms with Crippen LogP contribution in [0.2, 0.25) is 0 Å². The molecule has 0 fully saturated rings. The van der Waals surface area contributed by atoms with Crippen molar-refractivity contribution >= 4 is 28.3 Å². The first-order valence-corrected chi connectivity index (χ1v) is 26.1. The van der Waals surface area contributed by atoms with Crippen LogP contribution in [0.1, 0.15) is 85.9 Å². The summed E-state index contributed by atoms with van der Waals surface area (Å²) in [5.74, 6) is -1.27. The molecule has 1 aliphatic carbocycles. The van der Waals surface area contributed by atoms with E-state index in [2.05, 4.69) is 107 Å². The van der Waals surface area contributed by atoms with Gasteiger partial charge in [0, 0.05) is 0 Å². The van der Waals surface area contributed by atoms with Crippen LogP contribution < -0.4 is 38.5 Å². The van der Waals surface area contributed by atoms with E-state index in [-0.39, 0.29) is 24.8 Å². The Morgan fingerprint density at radius 1 is 0.718 bits per heavy atom. The third-order valence-electron chi connectivity index (χ3n) is 7.50. The number of rotatable bonds is 15. The monoisotopic (exact) mass is 746 g/mol. The number of hydrogen-bond acceptors (Lipinski definition) is 1. The van der Waals surface area contributed by atoms with E-state index < -0.39 is 26.9 Å². The van der Waals surface area contributed by atoms with Gasteiger partial charge in [0.2, 0.25) is 0 Å². The predicted molar refractivity (Wildman–Crippen MR) is 158 cm³/mol. The third-order valence-corrected chi connectivity index (χ3v) is 34.5. The number of nitrogens with one attached hydrogen (secondary N) is 1. The van der Waals surface area contributed by atoms with Gasteiger partial charge in [0.15, 0.2) is 0 Å². The van der Waals surface area contributed by atoms with Crippen LogP contribution in [0.5, 0.6) is 0 Å². The summed E-state index contributed by atoms with van der Waals surface area (Å²) in [5, 5.41) is 2.94. The van der Waals surface area contributed by atoms with E-state index in [1.165, 1.54) is 72.9 Å². The largest absolute Gasteiger partial charge is 1.00 e. The summed E-state index contributed by atoms with van der Waals surface area (Å²) in [6.07, 6.45) is 16.9. The Balaban J connectivity index is 0.00000267. The van der Waals surface area contributed by atoms with Crippen LogP contribution in [0.3, 0.4) is 0 Å². The second kappa shape index (κ2) is 18.8. The molecule has 6 heteroatoms. The smallest absolute Gasteiger partial charge is 1.00 e. The number of hydrogen-bond donors (Lipinski definition) is 1. The van der Waals surface area contributed by atoms with E-state index in [0.717, 1.165) is 6.42 Å². The van der Waals surface area contributed by atoms with E-state index in [4.69, 9.17) is 0 Å². The molecule has 1 N–H and O–H groups in total. The first kappa shape index (κ1) is 33.7. The summed E-state index contributed by atoms with van der Waals surface area (Å²) in [6.45, 7) is 2.27. The molecule has 0 heterocycles. The molecular formula is C33H42Cl2HfNOSi. The van der Waals surface area contributed by atoms with Crippen molar-refractivity contribution in [2.45, 2.75) is 74.8 Å². The number of carbonyl (C=O) groups excluding carboxylic acids is 1. The topological polar surface area (TPSA) is 29.1 Å². The minimum atomic E-state index is -2.77. The third kappa shape index (κ3) is 10.1. The fourth-order valence-electron chi connectivity index (χ4n) is 5.51. The molecule has 0 aromatic heterocycles. The molecule has 0 bridgehead atoms. The van der Waals surface area contributed by atoms with Gasteiger partial charge in [-0.15, -0.1) is 0 Å². The fraction of sp³-hybridized carbons (Fsp3) is 0.364. The average Bonchev–Trinajstić information content (AvgIpc) is 3.37. The van der Waals surface area contributed by atoms with Gasteiger partial charge in [0.05, 0.1) is 0 Å².